The van der Waals surface area contributed by atoms with Crippen LogP contribution in [0, 0.1) is 15.9 Å². The monoisotopic (exact) mass is 270 g/mol. The fraction of sp³-hybridized carbons (Fsp3) is 0.417. The number of nitrogens with zero attached hydrogens (tertiary/aromatic N) is 1. The van der Waals surface area contributed by atoms with Crippen LogP contribution in [0.25, 0.3) is 0 Å². The summed E-state index contributed by atoms with van der Waals surface area (Å²) < 4.78 is 13.7. The van der Waals surface area contributed by atoms with E-state index in [-0.39, 0.29) is 17.8 Å². The highest BCUT2D eigenvalue weighted by molar-refractivity contribution is 5.67. The molecule has 0 aliphatic carbocycles. The van der Waals surface area contributed by atoms with Crippen molar-refractivity contribution in [1.29, 1.82) is 0 Å². The van der Waals surface area contributed by atoms with Crippen LogP contribution in [-0.2, 0) is 4.79 Å². The van der Waals surface area contributed by atoms with Crippen molar-refractivity contribution in [3.63, 3.8) is 0 Å². The molecule has 0 spiro atoms. The summed E-state index contributed by atoms with van der Waals surface area (Å²) in [6.07, 6.45) is 0.257. The third-order valence-corrected chi connectivity index (χ3v) is 2.60. The molecule has 1 rings (SSSR count). The summed E-state index contributed by atoms with van der Waals surface area (Å²) in [6, 6.07) is 3.30. The fourth-order valence-electron chi connectivity index (χ4n) is 1.57. The van der Waals surface area contributed by atoms with Crippen LogP contribution in [0.15, 0.2) is 18.2 Å². The van der Waals surface area contributed by atoms with Crippen LogP contribution in [0.1, 0.15) is 26.7 Å². The van der Waals surface area contributed by atoms with Gasteiger partial charge in [-0.05, 0) is 26.3 Å². The van der Waals surface area contributed by atoms with Crippen molar-refractivity contribution in [1.82, 2.24) is 0 Å². The summed E-state index contributed by atoms with van der Waals surface area (Å²) in [5.74, 6) is -1.67. The number of carboxylic acid groups (broad SMARTS) is 1. The van der Waals surface area contributed by atoms with E-state index in [1.165, 1.54) is 12.1 Å². The molecule has 0 aliphatic heterocycles. The van der Waals surface area contributed by atoms with Gasteiger partial charge in [-0.25, -0.2) is 4.39 Å². The van der Waals surface area contributed by atoms with Crippen molar-refractivity contribution in [3.05, 3.63) is 34.1 Å². The first-order chi connectivity index (χ1) is 8.71. The molecule has 0 fully saturated rings. The summed E-state index contributed by atoms with van der Waals surface area (Å²) in [5.41, 5.74) is -0.845. The lowest BCUT2D eigenvalue weighted by molar-refractivity contribution is -0.385. The van der Waals surface area contributed by atoms with Crippen LogP contribution in [0.5, 0.6) is 0 Å². The number of nitrogens with one attached hydrogen (secondary N) is 1. The van der Waals surface area contributed by atoms with Crippen LogP contribution in [0.2, 0.25) is 0 Å². The lowest BCUT2D eigenvalue weighted by atomic mass is 9.98. The lowest BCUT2D eigenvalue weighted by Gasteiger charge is -2.27. The Labute approximate surface area is 109 Å². The molecule has 0 amide bonds. The number of aliphatic carboxylic acids is 1. The van der Waals surface area contributed by atoms with E-state index in [0.717, 1.165) is 6.07 Å². The molecule has 7 heteroatoms. The largest absolute Gasteiger partial charge is 0.481 e. The molecule has 104 valence electrons. The first-order valence-corrected chi connectivity index (χ1v) is 5.65. The Kier molecular flexibility index (Phi) is 4.42. The molecular weight excluding hydrogens is 255 g/mol. The number of benzene rings is 1. The minimum absolute atomic E-state index is 0.0470. The fourth-order valence-corrected chi connectivity index (χ4v) is 1.57. The molecule has 1 aromatic carbocycles. The molecule has 0 radical (unpaired) electrons. The number of nitro benzene ring substituents is 1. The highest BCUT2D eigenvalue weighted by atomic mass is 19.1. The summed E-state index contributed by atoms with van der Waals surface area (Å²) in [7, 11) is 0. The van der Waals surface area contributed by atoms with Gasteiger partial charge in [-0.3, -0.25) is 14.9 Å². The SMILES string of the molecule is CC(C)(CCC(=O)O)Nc1ccc([N+](=O)[O-])cc1F. The predicted molar refractivity (Wildman–Crippen MR) is 67.6 cm³/mol. The van der Waals surface area contributed by atoms with E-state index < -0.39 is 22.2 Å². The van der Waals surface area contributed by atoms with Gasteiger partial charge >= 0.3 is 5.97 Å². The van der Waals surface area contributed by atoms with Gasteiger partial charge in [0.15, 0.2) is 5.82 Å². The first-order valence-electron chi connectivity index (χ1n) is 5.65. The molecule has 0 saturated heterocycles. The summed E-state index contributed by atoms with van der Waals surface area (Å²) in [6.45, 7) is 3.47. The average molecular weight is 270 g/mol. The number of carbonyl (C=O) groups is 1. The Bertz CT molecular complexity index is 503. The van der Waals surface area contributed by atoms with Crippen LogP contribution in [-0.4, -0.2) is 21.5 Å². The zero-order valence-electron chi connectivity index (χ0n) is 10.6. The maximum Gasteiger partial charge on any atom is 0.303 e. The predicted octanol–water partition coefficient (Wildman–Crippen LogP) is 2.79. The van der Waals surface area contributed by atoms with E-state index in [1.54, 1.807) is 13.8 Å². The molecule has 0 heterocycles. The standard InChI is InChI=1S/C12H15FN2O4/c1-12(2,6-5-11(16)17)14-10-4-3-8(15(18)19)7-9(10)13/h3-4,7,14H,5-6H2,1-2H3,(H,16,17). The van der Waals surface area contributed by atoms with Crippen LogP contribution < -0.4 is 5.32 Å². The third kappa shape index (κ3) is 4.53. The number of hydrogen-bond donors (Lipinski definition) is 2. The second-order valence-corrected chi connectivity index (χ2v) is 4.82. The van der Waals surface area contributed by atoms with Gasteiger partial charge < -0.3 is 10.4 Å². The van der Waals surface area contributed by atoms with Gasteiger partial charge in [0, 0.05) is 18.0 Å². The first kappa shape index (κ1) is 14.9. The Morgan fingerprint density at radius 1 is 1.53 bits per heavy atom. The molecule has 0 bridgehead atoms. The highest BCUT2D eigenvalue weighted by Gasteiger charge is 2.21. The molecule has 6 nitrogen and oxygen atoms in total. The molecule has 0 atom stereocenters. The van der Waals surface area contributed by atoms with Crippen molar-refractivity contribution in [2.24, 2.45) is 0 Å². The van der Waals surface area contributed by atoms with Gasteiger partial charge in [0.25, 0.3) is 5.69 Å². The summed E-state index contributed by atoms with van der Waals surface area (Å²) >= 11 is 0. The molecule has 0 saturated carbocycles. The molecule has 19 heavy (non-hydrogen) atoms. The highest BCUT2D eigenvalue weighted by Crippen LogP contribution is 2.25. The maximum atomic E-state index is 13.7. The quantitative estimate of drug-likeness (QED) is 0.612. The van der Waals surface area contributed by atoms with Crippen molar-refractivity contribution in [3.8, 4) is 0 Å². The molecule has 0 unspecified atom stereocenters. The van der Waals surface area contributed by atoms with Gasteiger partial charge in [0.1, 0.15) is 0 Å². The maximum absolute atomic E-state index is 13.7. The van der Waals surface area contributed by atoms with E-state index in [9.17, 15) is 19.3 Å². The zero-order valence-corrected chi connectivity index (χ0v) is 10.6. The number of carboxylic acids is 1. The van der Waals surface area contributed by atoms with Crippen molar-refractivity contribution < 1.29 is 19.2 Å². The van der Waals surface area contributed by atoms with Gasteiger partial charge in [0.05, 0.1) is 16.7 Å². The van der Waals surface area contributed by atoms with E-state index in [4.69, 9.17) is 5.11 Å². The van der Waals surface area contributed by atoms with E-state index in [2.05, 4.69) is 5.32 Å². The Morgan fingerprint density at radius 2 is 2.16 bits per heavy atom. The number of rotatable bonds is 6. The van der Waals surface area contributed by atoms with E-state index in [0.29, 0.717) is 6.42 Å². The molecular formula is C12H15FN2O4. The van der Waals surface area contributed by atoms with Gasteiger partial charge in [0.2, 0.25) is 0 Å². The molecule has 0 aromatic heterocycles. The number of non-ortho nitro benzene ring substituents is 1. The zero-order chi connectivity index (χ0) is 14.6. The molecule has 1 aromatic rings. The van der Waals surface area contributed by atoms with E-state index >= 15 is 0 Å². The van der Waals surface area contributed by atoms with E-state index in [1.807, 2.05) is 0 Å². The van der Waals surface area contributed by atoms with Crippen LogP contribution in [0.4, 0.5) is 15.8 Å². The Balaban J connectivity index is 2.81. The summed E-state index contributed by atoms with van der Waals surface area (Å²) in [5, 5.41) is 21.9. The van der Waals surface area contributed by atoms with Crippen LogP contribution in [0.3, 0.4) is 0 Å². The van der Waals surface area contributed by atoms with Crippen molar-refractivity contribution >= 4 is 17.3 Å². The Morgan fingerprint density at radius 3 is 2.63 bits per heavy atom. The normalized spacial score (nSPS) is 11.1. The third-order valence-electron chi connectivity index (χ3n) is 2.60. The van der Waals surface area contributed by atoms with Crippen molar-refractivity contribution in [2.45, 2.75) is 32.2 Å². The summed E-state index contributed by atoms with van der Waals surface area (Å²) in [4.78, 5) is 20.3. The van der Waals surface area contributed by atoms with Gasteiger partial charge in [-0.15, -0.1) is 0 Å². The average Bonchev–Trinajstić information content (AvgIpc) is 2.29. The molecule has 0 aliphatic rings. The number of halogens is 1. The van der Waals surface area contributed by atoms with Crippen LogP contribution >= 0.6 is 0 Å². The van der Waals surface area contributed by atoms with Crippen molar-refractivity contribution in [2.75, 3.05) is 5.32 Å². The lowest BCUT2D eigenvalue weighted by Crippen LogP contribution is -2.32. The van der Waals surface area contributed by atoms with Gasteiger partial charge in [-0.1, -0.05) is 0 Å². The topological polar surface area (TPSA) is 92.5 Å². The second-order valence-electron chi connectivity index (χ2n) is 4.82. The minimum Gasteiger partial charge on any atom is -0.481 e. The Hall–Kier alpha value is -2.18. The number of hydrogen-bond acceptors (Lipinski definition) is 4. The minimum atomic E-state index is -0.931. The number of nitro groups is 1. The smallest absolute Gasteiger partial charge is 0.303 e. The second kappa shape index (κ2) is 5.64. The number of anilines is 1. The molecule has 2 N–H and O–H groups in total. The van der Waals surface area contributed by atoms with Gasteiger partial charge in [-0.2, -0.15) is 0 Å².